The van der Waals surface area contributed by atoms with Gasteiger partial charge in [0, 0.05) is 24.2 Å². The van der Waals surface area contributed by atoms with E-state index in [2.05, 4.69) is 83.4 Å². The first-order chi connectivity index (χ1) is 16.8. The molecule has 0 aliphatic carbocycles. The van der Waals surface area contributed by atoms with Gasteiger partial charge in [0.1, 0.15) is 11.5 Å². The van der Waals surface area contributed by atoms with Crippen LogP contribution in [0.15, 0.2) is 109 Å². The molecule has 0 radical (unpaired) electrons. The van der Waals surface area contributed by atoms with Crippen LogP contribution in [0.5, 0.6) is 11.5 Å². The summed E-state index contributed by atoms with van der Waals surface area (Å²) in [6, 6.07) is 37.2. The predicted molar refractivity (Wildman–Crippen MR) is 138 cm³/mol. The average Bonchev–Trinajstić information content (AvgIpc) is 2.91. The Morgan fingerprint density at radius 2 is 0.853 bits per heavy atom. The van der Waals surface area contributed by atoms with Crippen LogP contribution in [0.1, 0.15) is 34.3 Å². The van der Waals surface area contributed by atoms with Crippen LogP contribution >= 0.6 is 0 Å². The second-order valence-electron chi connectivity index (χ2n) is 8.17. The van der Waals surface area contributed by atoms with Gasteiger partial charge >= 0.3 is 0 Å². The van der Waals surface area contributed by atoms with Crippen molar-refractivity contribution in [3.63, 3.8) is 0 Å². The highest BCUT2D eigenvalue weighted by Crippen LogP contribution is 2.38. The van der Waals surface area contributed by atoms with E-state index in [0.717, 1.165) is 35.7 Å². The second-order valence-corrected chi connectivity index (χ2v) is 8.17. The van der Waals surface area contributed by atoms with Gasteiger partial charge in [-0.3, -0.25) is 0 Å². The maximum atomic E-state index is 5.78. The van der Waals surface area contributed by atoms with Gasteiger partial charge in [-0.05, 0) is 23.3 Å². The monoisotopic (exact) mass is 452 g/mol. The van der Waals surface area contributed by atoms with E-state index in [-0.39, 0.29) is 12.1 Å². The highest BCUT2D eigenvalue weighted by Gasteiger charge is 2.29. The zero-order chi connectivity index (χ0) is 23.6. The van der Waals surface area contributed by atoms with Crippen LogP contribution in [0.25, 0.3) is 0 Å². The lowest BCUT2D eigenvalue weighted by atomic mass is 9.91. The van der Waals surface area contributed by atoms with Crippen molar-refractivity contribution in [2.75, 3.05) is 14.2 Å². The van der Waals surface area contributed by atoms with Gasteiger partial charge in [0.25, 0.3) is 0 Å². The van der Waals surface area contributed by atoms with E-state index >= 15 is 0 Å². The van der Waals surface area contributed by atoms with Crippen molar-refractivity contribution in [3.05, 3.63) is 131 Å². The lowest BCUT2D eigenvalue weighted by molar-refractivity contribution is 0.341. The Morgan fingerprint density at radius 1 is 0.500 bits per heavy atom. The number of hydrogen-bond donors (Lipinski definition) is 2. The zero-order valence-electron chi connectivity index (χ0n) is 19.8. The molecule has 0 bridgehead atoms. The zero-order valence-corrected chi connectivity index (χ0v) is 19.8. The van der Waals surface area contributed by atoms with Gasteiger partial charge in [0.05, 0.1) is 26.3 Å². The van der Waals surface area contributed by atoms with Crippen molar-refractivity contribution in [2.24, 2.45) is 0 Å². The molecule has 0 amide bonds. The molecule has 0 aromatic heterocycles. The molecule has 4 aromatic carbocycles. The first-order valence-electron chi connectivity index (χ1n) is 11.6. The topological polar surface area (TPSA) is 42.5 Å². The van der Waals surface area contributed by atoms with E-state index in [0.29, 0.717) is 0 Å². The molecular formula is C30H32N2O2. The van der Waals surface area contributed by atoms with Crippen LogP contribution in [-0.4, -0.2) is 14.2 Å². The van der Waals surface area contributed by atoms with E-state index in [1.165, 1.54) is 11.1 Å². The highest BCUT2D eigenvalue weighted by atomic mass is 16.5. The van der Waals surface area contributed by atoms with Gasteiger partial charge in [-0.25, -0.2) is 0 Å². The van der Waals surface area contributed by atoms with Crippen LogP contribution in [-0.2, 0) is 13.1 Å². The number of benzene rings is 4. The first kappa shape index (κ1) is 23.6. The molecule has 4 nitrogen and oxygen atoms in total. The second kappa shape index (κ2) is 12.0. The Morgan fingerprint density at radius 3 is 1.24 bits per heavy atom. The molecule has 0 saturated heterocycles. The number of hydrogen-bond acceptors (Lipinski definition) is 4. The van der Waals surface area contributed by atoms with E-state index in [1.54, 1.807) is 14.2 Å². The molecule has 0 saturated carbocycles. The molecule has 0 spiro atoms. The molecule has 0 aliphatic rings. The number of ether oxygens (including phenoxy) is 2. The summed E-state index contributed by atoms with van der Waals surface area (Å²) in [7, 11) is 3.45. The Bertz CT molecular complexity index is 1060. The van der Waals surface area contributed by atoms with E-state index < -0.39 is 0 Å². The summed E-state index contributed by atoms with van der Waals surface area (Å²) in [5.41, 5.74) is 4.64. The lowest BCUT2D eigenvalue weighted by Gasteiger charge is -2.32. The molecule has 4 heteroatoms. The smallest absolute Gasteiger partial charge is 0.123 e. The summed E-state index contributed by atoms with van der Waals surface area (Å²) in [5.74, 6) is 1.71. The van der Waals surface area contributed by atoms with Gasteiger partial charge < -0.3 is 20.1 Å². The minimum atomic E-state index is -0.0728. The molecule has 4 rings (SSSR count). The van der Waals surface area contributed by atoms with E-state index in [9.17, 15) is 0 Å². The molecule has 0 aliphatic heterocycles. The normalized spacial score (nSPS) is 12.6. The molecule has 2 N–H and O–H groups in total. The first-order valence-corrected chi connectivity index (χ1v) is 11.6. The van der Waals surface area contributed by atoms with Crippen LogP contribution in [0.4, 0.5) is 0 Å². The summed E-state index contributed by atoms with van der Waals surface area (Å²) in [5, 5.41) is 7.63. The summed E-state index contributed by atoms with van der Waals surface area (Å²) < 4.78 is 11.6. The summed E-state index contributed by atoms with van der Waals surface area (Å²) in [4.78, 5) is 0. The summed E-state index contributed by atoms with van der Waals surface area (Å²) in [6.07, 6.45) is 0. The highest BCUT2D eigenvalue weighted by molar-refractivity contribution is 5.42. The minimum Gasteiger partial charge on any atom is -0.496 e. The van der Waals surface area contributed by atoms with Crippen molar-refractivity contribution in [1.82, 2.24) is 10.6 Å². The van der Waals surface area contributed by atoms with Crippen LogP contribution in [0.2, 0.25) is 0 Å². The fourth-order valence-corrected chi connectivity index (χ4v) is 4.31. The Hall–Kier alpha value is -3.60. The average molecular weight is 453 g/mol. The quantitative estimate of drug-likeness (QED) is 0.290. The standard InChI is InChI=1S/C30H32N2O2/c1-33-27-19-11-9-17-25(27)29(31-21-23-13-5-3-6-14-23)30(26-18-10-12-20-28(26)34-2)32-22-24-15-7-4-8-16-24/h3-20,29-32H,21-22H2,1-2H3/t29-,30-/m1/s1. The Labute approximate surface area is 202 Å². The van der Waals surface area contributed by atoms with Crippen molar-refractivity contribution >= 4 is 0 Å². The number of nitrogens with one attached hydrogen (secondary N) is 2. The number of para-hydroxylation sites is 2. The molecular weight excluding hydrogens is 420 g/mol. The molecule has 2 atom stereocenters. The minimum absolute atomic E-state index is 0.0728. The fourth-order valence-electron chi connectivity index (χ4n) is 4.31. The van der Waals surface area contributed by atoms with Crippen molar-refractivity contribution in [2.45, 2.75) is 25.2 Å². The van der Waals surface area contributed by atoms with Gasteiger partial charge in [0.15, 0.2) is 0 Å². The number of rotatable bonds is 11. The van der Waals surface area contributed by atoms with E-state index in [1.807, 2.05) is 36.4 Å². The third-order valence-electron chi connectivity index (χ3n) is 6.02. The summed E-state index contributed by atoms with van der Waals surface area (Å²) in [6.45, 7) is 1.45. The van der Waals surface area contributed by atoms with Crippen molar-refractivity contribution < 1.29 is 9.47 Å². The SMILES string of the molecule is COc1ccccc1[C@@H](NCc1ccccc1)[C@H](NCc1ccccc1)c1ccccc1OC. The number of methoxy groups -OCH3 is 2. The maximum Gasteiger partial charge on any atom is 0.123 e. The Balaban J connectivity index is 1.75. The fraction of sp³-hybridized carbons (Fsp3) is 0.200. The van der Waals surface area contributed by atoms with Gasteiger partial charge in [-0.15, -0.1) is 0 Å². The Kier molecular flexibility index (Phi) is 8.33. The van der Waals surface area contributed by atoms with Crippen molar-refractivity contribution in [3.8, 4) is 11.5 Å². The predicted octanol–water partition coefficient (Wildman–Crippen LogP) is 6.07. The van der Waals surface area contributed by atoms with E-state index in [4.69, 9.17) is 9.47 Å². The molecule has 0 fully saturated rings. The molecule has 0 unspecified atom stereocenters. The third-order valence-corrected chi connectivity index (χ3v) is 6.02. The van der Waals surface area contributed by atoms with Gasteiger partial charge in [-0.1, -0.05) is 97.1 Å². The molecule has 0 heterocycles. The van der Waals surface area contributed by atoms with Crippen molar-refractivity contribution in [1.29, 1.82) is 0 Å². The molecule has 174 valence electrons. The summed E-state index contributed by atoms with van der Waals surface area (Å²) >= 11 is 0. The van der Waals surface area contributed by atoms with Crippen LogP contribution in [0.3, 0.4) is 0 Å². The van der Waals surface area contributed by atoms with Gasteiger partial charge in [-0.2, -0.15) is 0 Å². The lowest BCUT2D eigenvalue weighted by Crippen LogP contribution is -2.35. The van der Waals surface area contributed by atoms with Crippen LogP contribution in [0, 0.1) is 0 Å². The third kappa shape index (κ3) is 5.84. The molecule has 4 aromatic rings. The van der Waals surface area contributed by atoms with Gasteiger partial charge in [0.2, 0.25) is 0 Å². The molecule has 34 heavy (non-hydrogen) atoms. The maximum absolute atomic E-state index is 5.78. The largest absolute Gasteiger partial charge is 0.496 e. The van der Waals surface area contributed by atoms with Crippen LogP contribution < -0.4 is 20.1 Å².